The highest BCUT2D eigenvalue weighted by Crippen LogP contribution is 2.40. The number of rotatable bonds is 4. The maximum absolute atomic E-state index is 9.06. The lowest BCUT2D eigenvalue weighted by Crippen LogP contribution is -2.45. The van der Waals surface area contributed by atoms with Crippen molar-refractivity contribution in [3.63, 3.8) is 0 Å². The van der Waals surface area contributed by atoms with Crippen LogP contribution in [-0.2, 0) is 0 Å². The maximum Gasteiger partial charge on any atom is 0.0434 e. The molecule has 3 heteroatoms. The number of nitrogens with zero attached hydrogens (tertiary/aromatic N) is 1. The Morgan fingerprint density at radius 2 is 2.11 bits per heavy atom. The van der Waals surface area contributed by atoms with Crippen LogP contribution in [0.5, 0.6) is 0 Å². The summed E-state index contributed by atoms with van der Waals surface area (Å²) in [7, 11) is 0. The lowest BCUT2D eigenvalue weighted by molar-refractivity contribution is 0.124. The molecule has 0 bridgehead atoms. The number of hydrogen-bond donors (Lipinski definition) is 2. The van der Waals surface area contributed by atoms with Gasteiger partial charge in [-0.2, -0.15) is 0 Å². The molecule has 0 radical (unpaired) electrons. The summed E-state index contributed by atoms with van der Waals surface area (Å²) >= 11 is 0. The molecule has 2 aliphatic rings. The molecule has 0 aromatic rings. The zero-order chi connectivity index (χ0) is 13.2. The average molecular weight is 254 g/mol. The molecule has 1 aliphatic carbocycles. The van der Waals surface area contributed by atoms with Gasteiger partial charge in [-0.25, -0.2) is 0 Å². The first kappa shape index (κ1) is 14.3. The highest BCUT2D eigenvalue weighted by Gasteiger charge is 2.40. The number of hydrogen-bond acceptors (Lipinski definition) is 3. The zero-order valence-electron chi connectivity index (χ0n) is 12.1. The summed E-state index contributed by atoms with van der Waals surface area (Å²) in [4.78, 5) is 2.59. The van der Waals surface area contributed by atoms with Crippen molar-refractivity contribution in [3.05, 3.63) is 0 Å². The third-order valence-corrected chi connectivity index (χ3v) is 5.20. The van der Waals surface area contributed by atoms with Crippen LogP contribution in [0, 0.1) is 17.3 Å². The van der Waals surface area contributed by atoms with Gasteiger partial charge >= 0.3 is 0 Å². The summed E-state index contributed by atoms with van der Waals surface area (Å²) in [6, 6.07) is 0.357. The van der Waals surface area contributed by atoms with Gasteiger partial charge in [0.2, 0.25) is 0 Å². The fourth-order valence-electron chi connectivity index (χ4n) is 3.81. The van der Waals surface area contributed by atoms with Gasteiger partial charge < -0.3 is 15.7 Å². The molecule has 1 saturated carbocycles. The van der Waals surface area contributed by atoms with Gasteiger partial charge in [-0.1, -0.05) is 13.8 Å². The monoisotopic (exact) mass is 254 g/mol. The molecule has 0 amide bonds. The van der Waals surface area contributed by atoms with Crippen LogP contribution in [0.2, 0.25) is 0 Å². The molecule has 18 heavy (non-hydrogen) atoms. The van der Waals surface area contributed by atoms with E-state index in [2.05, 4.69) is 18.7 Å². The van der Waals surface area contributed by atoms with Crippen LogP contribution in [0.25, 0.3) is 0 Å². The van der Waals surface area contributed by atoms with Gasteiger partial charge in [0.1, 0.15) is 0 Å². The summed E-state index contributed by atoms with van der Waals surface area (Å²) in [5.74, 6) is 1.38. The quantitative estimate of drug-likeness (QED) is 0.805. The Balaban J connectivity index is 1.83. The minimum Gasteiger partial charge on any atom is -0.396 e. The summed E-state index contributed by atoms with van der Waals surface area (Å²) in [5, 5.41) is 9.06. The van der Waals surface area contributed by atoms with Crippen molar-refractivity contribution < 1.29 is 5.11 Å². The lowest BCUT2D eigenvalue weighted by atomic mass is 9.85. The van der Waals surface area contributed by atoms with Gasteiger partial charge in [0.25, 0.3) is 0 Å². The highest BCUT2D eigenvalue weighted by molar-refractivity contribution is 4.95. The highest BCUT2D eigenvalue weighted by atomic mass is 16.3. The summed E-state index contributed by atoms with van der Waals surface area (Å²) in [5.41, 5.74) is 6.72. The number of aliphatic hydroxyl groups is 1. The standard InChI is InChI=1S/C15H30N2O/c1-15(2)7-5-13(14(15)16)11-17-8-3-4-12(10-17)6-9-18/h12-14,18H,3-11,16H2,1-2H3. The Morgan fingerprint density at radius 3 is 2.72 bits per heavy atom. The molecule has 3 unspecified atom stereocenters. The number of nitrogens with two attached hydrogens (primary N) is 1. The van der Waals surface area contributed by atoms with Gasteiger partial charge in [0, 0.05) is 25.7 Å². The maximum atomic E-state index is 9.06. The Labute approximate surface area is 112 Å². The number of aliphatic hydroxyl groups excluding tert-OH is 1. The van der Waals surface area contributed by atoms with Gasteiger partial charge in [0.15, 0.2) is 0 Å². The molecule has 1 heterocycles. The molecule has 3 N–H and O–H groups in total. The van der Waals surface area contributed by atoms with Crippen LogP contribution in [0.4, 0.5) is 0 Å². The second-order valence-corrected chi connectivity index (χ2v) is 7.09. The fraction of sp³-hybridized carbons (Fsp3) is 1.00. The van der Waals surface area contributed by atoms with Crippen molar-refractivity contribution in [2.24, 2.45) is 23.0 Å². The molecule has 0 aromatic heterocycles. The Hall–Kier alpha value is -0.120. The second kappa shape index (κ2) is 5.89. The van der Waals surface area contributed by atoms with Gasteiger partial charge in [-0.15, -0.1) is 0 Å². The van der Waals surface area contributed by atoms with Crippen molar-refractivity contribution in [1.29, 1.82) is 0 Å². The third kappa shape index (κ3) is 3.25. The zero-order valence-corrected chi connectivity index (χ0v) is 12.1. The molecular formula is C15H30N2O. The van der Waals surface area contributed by atoms with E-state index >= 15 is 0 Å². The molecule has 3 atom stereocenters. The van der Waals surface area contributed by atoms with Gasteiger partial charge in [-0.3, -0.25) is 0 Å². The van der Waals surface area contributed by atoms with Crippen LogP contribution in [-0.4, -0.2) is 42.3 Å². The minimum absolute atomic E-state index is 0.324. The number of piperidine rings is 1. The fourth-order valence-corrected chi connectivity index (χ4v) is 3.81. The second-order valence-electron chi connectivity index (χ2n) is 7.09. The van der Waals surface area contributed by atoms with Crippen molar-refractivity contribution in [3.8, 4) is 0 Å². The van der Waals surface area contributed by atoms with E-state index in [-0.39, 0.29) is 0 Å². The third-order valence-electron chi connectivity index (χ3n) is 5.20. The summed E-state index contributed by atoms with van der Waals surface area (Å²) in [6.07, 6.45) is 6.11. The van der Waals surface area contributed by atoms with Crippen LogP contribution in [0.1, 0.15) is 46.0 Å². The van der Waals surface area contributed by atoms with E-state index in [9.17, 15) is 0 Å². The average Bonchev–Trinajstić information content (AvgIpc) is 2.57. The van der Waals surface area contributed by atoms with Crippen molar-refractivity contribution in [1.82, 2.24) is 4.90 Å². The topological polar surface area (TPSA) is 49.5 Å². The molecule has 0 spiro atoms. The molecule has 3 nitrogen and oxygen atoms in total. The lowest BCUT2D eigenvalue weighted by Gasteiger charge is -2.36. The molecule has 1 aliphatic heterocycles. The Morgan fingerprint density at radius 1 is 1.33 bits per heavy atom. The minimum atomic E-state index is 0.324. The van der Waals surface area contributed by atoms with Crippen molar-refractivity contribution in [2.75, 3.05) is 26.2 Å². The molecule has 2 fully saturated rings. The van der Waals surface area contributed by atoms with Crippen LogP contribution >= 0.6 is 0 Å². The molecule has 1 saturated heterocycles. The largest absolute Gasteiger partial charge is 0.396 e. The van der Waals surface area contributed by atoms with Gasteiger partial charge in [0.05, 0.1) is 0 Å². The van der Waals surface area contributed by atoms with E-state index in [1.165, 1.54) is 45.3 Å². The Bertz CT molecular complexity index is 265. The first-order chi connectivity index (χ1) is 8.53. The van der Waals surface area contributed by atoms with Crippen molar-refractivity contribution in [2.45, 2.75) is 52.0 Å². The predicted octanol–water partition coefficient (Wildman–Crippen LogP) is 1.84. The number of likely N-dealkylation sites (tertiary alicyclic amines) is 1. The van der Waals surface area contributed by atoms with Gasteiger partial charge in [-0.05, 0) is 55.9 Å². The van der Waals surface area contributed by atoms with Crippen LogP contribution in [0.15, 0.2) is 0 Å². The van der Waals surface area contributed by atoms with E-state index < -0.39 is 0 Å². The van der Waals surface area contributed by atoms with E-state index in [0.29, 0.717) is 29.9 Å². The summed E-state index contributed by atoms with van der Waals surface area (Å²) < 4.78 is 0. The molecule has 106 valence electrons. The van der Waals surface area contributed by atoms with Crippen LogP contribution < -0.4 is 5.73 Å². The van der Waals surface area contributed by atoms with E-state index in [1.54, 1.807) is 0 Å². The molecular weight excluding hydrogens is 224 g/mol. The smallest absolute Gasteiger partial charge is 0.0434 e. The SMILES string of the molecule is CC1(C)CCC(CN2CCCC(CCO)C2)C1N. The van der Waals surface area contributed by atoms with E-state index in [4.69, 9.17) is 10.8 Å². The van der Waals surface area contributed by atoms with E-state index in [0.717, 1.165) is 6.42 Å². The van der Waals surface area contributed by atoms with Crippen molar-refractivity contribution >= 4 is 0 Å². The molecule has 0 aromatic carbocycles. The van der Waals surface area contributed by atoms with Crippen LogP contribution in [0.3, 0.4) is 0 Å². The first-order valence-electron chi connectivity index (χ1n) is 7.62. The predicted molar refractivity (Wildman–Crippen MR) is 75.3 cm³/mol. The summed E-state index contributed by atoms with van der Waals surface area (Å²) in [6.45, 7) is 8.53. The molecule has 2 rings (SSSR count). The first-order valence-corrected chi connectivity index (χ1v) is 7.62. The normalized spacial score (nSPS) is 37.0. The Kier molecular flexibility index (Phi) is 4.68. The van der Waals surface area contributed by atoms with E-state index in [1.807, 2.05) is 0 Å².